The number of nitrogens with zero attached hydrogens (tertiary/aromatic N) is 1. The van der Waals surface area contributed by atoms with Gasteiger partial charge in [0, 0.05) is 25.0 Å². The van der Waals surface area contributed by atoms with Gasteiger partial charge in [-0.1, -0.05) is 46.8 Å². The number of hydrogen-bond donors (Lipinski definition) is 1. The number of ether oxygens (including phenoxy) is 2. The summed E-state index contributed by atoms with van der Waals surface area (Å²) in [5.74, 6) is -1.89. The van der Waals surface area contributed by atoms with Gasteiger partial charge in [-0.3, -0.25) is 19.7 Å². The molecule has 0 aliphatic rings. The van der Waals surface area contributed by atoms with Crippen molar-refractivity contribution in [3.63, 3.8) is 0 Å². The maximum absolute atomic E-state index is 12.4. The van der Waals surface area contributed by atoms with Crippen molar-refractivity contribution in [2.45, 2.75) is 59.9 Å². The highest BCUT2D eigenvalue weighted by atomic mass is 16.6. The normalized spacial score (nSPS) is 12.5. The van der Waals surface area contributed by atoms with Crippen LogP contribution in [0.2, 0.25) is 0 Å². The van der Waals surface area contributed by atoms with Crippen LogP contribution in [0, 0.1) is 21.4 Å². The van der Waals surface area contributed by atoms with E-state index in [1.165, 1.54) is 38.5 Å². The molecule has 0 heterocycles. The van der Waals surface area contributed by atoms with Crippen LogP contribution in [0.15, 0.2) is 24.3 Å². The summed E-state index contributed by atoms with van der Waals surface area (Å²) in [6.07, 6.45) is 0.425. The van der Waals surface area contributed by atoms with Crippen LogP contribution in [0.5, 0.6) is 0 Å². The number of carbonyl (C=O) groups is 3. The summed E-state index contributed by atoms with van der Waals surface area (Å²) >= 11 is 0. The number of non-ortho nitro benzene ring substituents is 1. The molecule has 0 spiro atoms. The van der Waals surface area contributed by atoms with E-state index in [0.29, 0.717) is 5.56 Å². The van der Waals surface area contributed by atoms with E-state index in [1.807, 2.05) is 34.6 Å². The molecule has 2 atom stereocenters. The summed E-state index contributed by atoms with van der Waals surface area (Å²) in [7, 11) is 2.52. The Labute approximate surface area is 183 Å². The molecule has 0 saturated heterocycles. The van der Waals surface area contributed by atoms with Gasteiger partial charge in [-0.15, -0.1) is 0 Å². The van der Waals surface area contributed by atoms with Gasteiger partial charge in [-0.25, -0.2) is 4.79 Å². The van der Waals surface area contributed by atoms with Crippen LogP contribution in [0.4, 0.5) is 5.69 Å². The number of amides is 1. The molecule has 0 saturated carbocycles. The van der Waals surface area contributed by atoms with E-state index in [-0.39, 0.29) is 36.3 Å². The number of nitro groups is 1. The Kier molecular flexibility index (Phi) is 12.1. The first-order valence-electron chi connectivity index (χ1n) is 10.2. The Morgan fingerprint density at radius 2 is 1.55 bits per heavy atom. The topological polar surface area (TPSA) is 125 Å². The molecule has 31 heavy (non-hydrogen) atoms. The molecule has 1 aromatic rings. The van der Waals surface area contributed by atoms with E-state index in [9.17, 15) is 24.5 Å². The summed E-state index contributed by atoms with van der Waals surface area (Å²) in [6, 6.07) is 4.76. The first kappa shape index (κ1) is 28.0. The van der Waals surface area contributed by atoms with E-state index < -0.39 is 28.8 Å². The summed E-state index contributed by atoms with van der Waals surface area (Å²) in [4.78, 5) is 46.7. The lowest BCUT2D eigenvalue weighted by Crippen LogP contribution is -2.43. The second kappa shape index (κ2) is 13.4. The number of rotatable bonds is 9. The lowest BCUT2D eigenvalue weighted by molar-refractivity contribution is -0.384. The Balaban J connectivity index is 0.00000436. The highest BCUT2D eigenvalue weighted by Crippen LogP contribution is 2.30. The molecule has 0 aliphatic heterocycles. The van der Waals surface area contributed by atoms with Crippen molar-refractivity contribution in [2.24, 2.45) is 11.3 Å². The van der Waals surface area contributed by atoms with Gasteiger partial charge in [0.2, 0.25) is 5.91 Å². The summed E-state index contributed by atoms with van der Waals surface area (Å²) < 4.78 is 9.57. The molecule has 9 nitrogen and oxygen atoms in total. The molecule has 9 heteroatoms. The quantitative estimate of drug-likeness (QED) is 0.356. The molecule has 1 N–H and O–H groups in total. The SMILES string of the molecule is CC.COC(=O)C(Cc1ccc([N+](=O)[O-])cc1)NC(=O)CCC(C(=O)OC)C(C)(C)C. The van der Waals surface area contributed by atoms with E-state index in [4.69, 9.17) is 9.47 Å². The van der Waals surface area contributed by atoms with Crippen molar-refractivity contribution in [1.29, 1.82) is 0 Å². The Bertz CT molecular complexity index is 739. The van der Waals surface area contributed by atoms with Crippen LogP contribution < -0.4 is 5.32 Å². The van der Waals surface area contributed by atoms with Crippen molar-refractivity contribution >= 4 is 23.5 Å². The molecule has 0 bridgehead atoms. The van der Waals surface area contributed by atoms with Crippen LogP contribution in [0.1, 0.15) is 53.0 Å². The Morgan fingerprint density at radius 3 is 1.97 bits per heavy atom. The van der Waals surface area contributed by atoms with Gasteiger partial charge in [0.15, 0.2) is 0 Å². The molecule has 174 valence electrons. The van der Waals surface area contributed by atoms with Crippen molar-refractivity contribution in [3.8, 4) is 0 Å². The van der Waals surface area contributed by atoms with Crippen LogP contribution in [-0.2, 0) is 30.3 Å². The lowest BCUT2D eigenvalue weighted by Gasteiger charge is -2.28. The highest BCUT2D eigenvalue weighted by molar-refractivity contribution is 5.85. The smallest absolute Gasteiger partial charge is 0.328 e. The van der Waals surface area contributed by atoms with Crippen LogP contribution in [-0.4, -0.2) is 43.0 Å². The first-order chi connectivity index (χ1) is 14.5. The van der Waals surface area contributed by atoms with Gasteiger partial charge in [0.25, 0.3) is 5.69 Å². The minimum absolute atomic E-state index is 0.0325. The van der Waals surface area contributed by atoms with Crippen molar-refractivity contribution in [1.82, 2.24) is 5.32 Å². The number of hydrogen-bond acceptors (Lipinski definition) is 7. The maximum Gasteiger partial charge on any atom is 0.328 e. The molecule has 0 radical (unpaired) electrons. The molecule has 0 aromatic heterocycles. The zero-order chi connectivity index (χ0) is 24.2. The van der Waals surface area contributed by atoms with Gasteiger partial charge < -0.3 is 14.8 Å². The Hall–Kier alpha value is -2.97. The molecule has 2 unspecified atom stereocenters. The average Bonchev–Trinajstić information content (AvgIpc) is 2.73. The molecule has 1 aromatic carbocycles. The third-order valence-electron chi connectivity index (χ3n) is 4.60. The molecule has 0 aliphatic carbocycles. The summed E-state index contributed by atoms with van der Waals surface area (Å²) in [5, 5.41) is 13.4. The number of carbonyl (C=O) groups excluding carboxylic acids is 3. The minimum atomic E-state index is -0.944. The molecular weight excluding hydrogens is 404 g/mol. The Morgan fingerprint density at radius 1 is 1.03 bits per heavy atom. The van der Waals surface area contributed by atoms with Crippen molar-refractivity contribution in [3.05, 3.63) is 39.9 Å². The van der Waals surface area contributed by atoms with Crippen LogP contribution in [0.3, 0.4) is 0 Å². The number of methoxy groups -OCH3 is 2. The molecule has 1 rings (SSSR count). The second-order valence-electron chi connectivity index (χ2n) is 7.75. The van der Waals surface area contributed by atoms with Crippen molar-refractivity contribution < 1.29 is 28.8 Å². The van der Waals surface area contributed by atoms with Crippen LogP contribution in [0.25, 0.3) is 0 Å². The van der Waals surface area contributed by atoms with E-state index in [0.717, 1.165) is 0 Å². The number of esters is 2. The molecule has 1 amide bonds. The van der Waals surface area contributed by atoms with E-state index >= 15 is 0 Å². The number of nitro benzene ring substituents is 1. The fraction of sp³-hybridized carbons (Fsp3) is 0.591. The molecule has 0 fully saturated rings. The van der Waals surface area contributed by atoms with Crippen LogP contribution >= 0.6 is 0 Å². The summed E-state index contributed by atoms with van der Waals surface area (Å²) in [5.41, 5.74) is 0.185. The zero-order valence-electron chi connectivity index (χ0n) is 19.4. The summed E-state index contributed by atoms with van der Waals surface area (Å²) in [6.45, 7) is 9.66. The standard InChI is InChI=1S/C20H28N2O7.C2H6/c1-20(2,3)15(18(24)28-4)10-11-17(23)21-16(19(25)29-5)12-13-6-8-14(9-7-13)22(26)27;1-2/h6-9,15-16H,10-12H2,1-5H3,(H,21,23);1-2H3. The average molecular weight is 439 g/mol. The number of benzene rings is 1. The lowest BCUT2D eigenvalue weighted by atomic mass is 9.78. The van der Waals surface area contributed by atoms with Gasteiger partial charge in [-0.05, 0) is 17.4 Å². The molecular formula is C22H34N2O7. The van der Waals surface area contributed by atoms with Gasteiger partial charge in [0.1, 0.15) is 6.04 Å². The zero-order valence-corrected chi connectivity index (χ0v) is 19.4. The van der Waals surface area contributed by atoms with E-state index in [2.05, 4.69) is 5.32 Å². The fourth-order valence-electron chi connectivity index (χ4n) is 2.91. The monoisotopic (exact) mass is 438 g/mol. The largest absolute Gasteiger partial charge is 0.469 e. The third-order valence-corrected chi connectivity index (χ3v) is 4.60. The minimum Gasteiger partial charge on any atom is -0.469 e. The number of nitrogens with one attached hydrogen (secondary N) is 1. The fourth-order valence-corrected chi connectivity index (χ4v) is 2.91. The maximum atomic E-state index is 12.4. The second-order valence-corrected chi connectivity index (χ2v) is 7.75. The highest BCUT2D eigenvalue weighted by Gasteiger charge is 2.33. The van der Waals surface area contributed by atoms with E-state index in [1.54, 1.807) is 0 Å². The predicted molar refractivity (Wildman–Crippen MR) is 116 cm³/mol. The third kappa shape index (κ3) is 9.59. The van der Waals surface area contributed by atoms with Gasteiger partial charge in [0.05, 0.1) is 25.1 Å². The predicted octanol–water partition coefficient (Wildman–Crippen LogP) is 3.44. The van der Waals surface area contributed by atoms with Gasteiger partial charge in [-0.2, -0.15) is 0 Å². The van der Waals surface area contributed by atoms with Crippen molar-refractivity contribution in [2.75, 3.05) is 14.2 Å². The van der Waals surface area contributed by atoms with Gasteiger partial charge >= 0.3 is 11.9 Å². The first-order valence-corrected chi connectivity index (χ1v) is 10.2.